The van der Waals surface area contributed by atoms with E-state index in [-0.39, 0.29) is 12.3 Å². The monoisotopic (exact) mass is 418 g/mol. The fourth-order valence-corrected chi connectivity index (χ4v) is 3.24. The maximum atomic E-state index is 13.2. The third-order valence-electron chi connectivity index (χ3n) is 4.75. The molecule has 3 amide bonds. The first-order chi connectivity index (χ1) is 14.0. The van der Waals surface area contributed by atoms with E-state index in [4.69, 9.17) is 5.21 Å². The second kappa shape index (κ2) is 11.4. The molecule has 0 radical (unpaired) electrons. The van der Waals surface area contributed by atoms with Crippen molar-refractivity contribution in [2.24, 2.45) is 23.2 Å². The predicted octanol–water partition coefficient (Wildman–Crippen LogP) is 2.91. The van der Waals surface area contributed by atoms with Crippen LogP contribution in [0.5, 0.6) is 0 Å². The van der Waals surface area contributed by atoms with Crippen molar-refractivity contribution in [3.63, 3.8) is 0 Å². The fourth-order valence-electron chi connectivity index (χ4n) is 3.24. The summed E-state index contributed by atoms with van der Waals surface area (Å²) in [5.41, 5.74) is 1.05. The summed E-state index contributed by atoms with van der Waals surface area (Å²) in [7, 11) is 0. The van der Waals surface area contributed by atoms with Crippen molar-refractivity contribution >= 4 is 23.5 Å². The fraction of sp³-hybridized carbons (Fsp3) is 0.545. The van der Waals surface area contributed by atoms with Crippen molar-refractivity contribution < 1.29 is 19.6 Å². The van der Waals surface area contributed by atoms with Crippen LogP contribution in [0.3, 0.4) is 0 Å². The molecule has 0 saturated heterocycles. The van der Waals surface area contributed by atoms with Crippen LogP contribution in [-0.4, -0.2) is 34.0 Å². The smallest absolute Gasteiger partial charge is 0.248 e. The molecule has 0 spiro atoms. The lowest BCUT2D eigenvalue weighted by Crippen LogP contribution is -2.54. The van der Waals surface area contributed by atoms with Gasteiger partial charge in [0.2, 0.25) is 17.7 Å². The van der Waals surface area contributed by atoms with E-state index in [1.165, 1.54) is 6.08 Å². The molecule has 0 aromatic carbocycles. The summed E-state index contributed by atoms with van der Waals surface area (Å²) in [6.07, 6.45) is 3.73. The second-order valence-corrected chi connectivity index (χ2v) is 8.85. The Morgan fingerprint density at radius 3 is 2.27 bits per heavy atom. The zero-order chi connectivity index (χ0) is 22.9. The van der Waals surface area contributed by atoms with Gasteiger partial charge in [0, 0.05) is 6.20 Å². The van der Waals surface area contributed by atoms with E-state index in [1.807, 2.05) is 34.6 Å². The number of pyridine rings is 1. The molecule has 1 aromatic heterocycles. The van der Waals surface area contributed by atoms with Crippen molar-refractivity contribution in [1.82, 2.24) is 15.8 Å². The molecular weight excluding hydrogens is 384 g/mol. The number of hydroxylamine groups is 1. The maximum Gasteiger partial charge on any atom is 0.248 e. The number of amides is 3. The normalized spacial score (nSPS) is 14.4. The molecule has 0 saturated carbocycles. The number of anilines is 1. The van der Waals surface area contributed by atoms with E-state index in [0.717, 1.165) is 0 Å². The van der Waals surface area contributed by atoms with Gasteiger partial charge in [-0.3, -0.25) is 19.6 Å². The first-order valence-corrected chi connectivity index (χ1v) is 10.1. The summed E-state index contributed by atoms with van der Waals surface area (Å²) in [6, 6.07) is 4.29. The van der Waals surface area contributed by atoms with Gasteiger partial charge in [-0.1, -0.05) is 46.8 Å². The highest BCUT2D eigenvalue weighted by atomic mass is 16.5. The lowest BCUT2D eigenvalue weighted by molar-refractivity contribution is -0.141. The molecule has 0 aliphatic carbocycles. The van der Waals surface area contributed by atoms with Crippen LogP contribution in [0.4, 0.5) is 5.82 Å². The molecule has 1 aromatic rings. The summed E-state index contributed by atoms with van der Waals surface area (Å²) in [6.45, 7) is 13.1. The number of nitrogens with one attached hydrogen (secondary N) is 3. The third kappa shape index (κ3) is 7.59. The zero-order valence-corrected chi connectivity index (χ0v) is 18.4. The van der Waals surface area contributed by atoms with Crippen LogP contribution in [0.15, 0.2) is 37.1 Å². The van der Waals surface area contributed by atoms with Crippen molar-refractivity contribution in [2.75, 3.05) is 5.32 Å². The van der Waals surface area contributed by atoms with Gasteiger partial charge in [0.15, 0.2) is 0 Å². The quantitative estimate of drug-likeness (QED) is 0.264. The maximum absolute atomic E-state index is 13.2. The molecule has 0 aliphatic heterocycles. The lowest BCUT2D eigenvalue weighted by atomic mass is 9.80. The van der Waals surface area contributed by atoms with E-state index in [9.17, 15) is 14.4 Å². The Labute approximate surface area is 178 Å². The van der Waals surface area contributed by atoms with Gasteiger partial charge in [-0.25, -0.2) is 10.5 Å². The molecule has 30 heavy (non-hydrogen) atoms. The number of hydrogen-bond donors (Lipinski definition) is 4. The molecule has 0 bridgehead atoms. The number of allylic oxidation sites excluding steroid dienone is 1. The summed E-state index contributed by atoms with van der Waals surface area (Å²) in [5.74, 6) is -2.50. The van der Waals surface area contributed by atoms with Gasteiger partial charge in [-0.2, -0.15) is 0 Å². The van der Waals surface area contributed by atoms with Crippen LogP contribution in [-0.2, 0) is 14.4 Å². The average Bonchev–Trinajstić information content (AvgIpc) is 2.67. The van der Waals surface area contributed by atoms with E-state index >= 15 is 0 Å². The van der Waals surface area contributed by atoms with Gasteiger partial charge >= 0.3 is 0 Å². The molecule has 3 atom stereocenters. The van der Waals surface area contributed by atoms with Crippen LogP contribution >= 0.6 is 0 Å². The van der Waals surface area contributed by atoms with Gasteiger partial charge in [0.1, 0.15) is 11.9 Å². The molecule has 8 heteroatoms. The summed E-state index contributed by atoms with van der Waals surface area (Å²) < 4.78 is 0. The third-order valence-corrected chi connectivity index (χ3v) is 4.75. The highest BCUT2D eigenvalue weighted by Gasteiger charge is 2.38. The number of carbonyl (C=O) groups excluding carboxylic acids is 3. The SMILES string of the molecule is C=CC[C@H](C(=O)NO)[C@@H](CC(C)C)C(=O)NC(C(=O)Nc1ccccn1)C(C)(C)C. The van der Waals surface area contributed by atoms with E-state index in [1.54, 1.807) is 29.9 Å². The molecule has 1 rings (SSSR count). The molecule has 0 fully saturated rings. The lowest BCUT2D eigenvalue weighted by Gasteiger charge is -2.33. The van der Waals surface area contributed by atoms with Crippen LogP contribution in [0, 0.1) is 23.2 Å². The second-order valence-electron chi connectivity index (χ2n) is 8.85. The van der Waals surface area contributed by atoms with Crippen LogP contribution in [0.2, 0.25) is 0 Å². The minimum atomic E-state index is -0.858. The first kappa shape index (κ1) is 25.3. The standard InChI is InChI=1S/C22H34N4O4/c1-7-10-15(20(28)26-30)16(13-14(2)3)19(27)25-18(22(4,5)6)21(29)24-17-11-8-9-12-23-17/h7-9,11-12,14-16,18,30H,1,10,13H2,2-6H3,(H,25,27)(H,26,28)(H,23,24,29)/t15-,16+,18?/m0/s1. The van der Waals surface area contributed by atoms with Gasteiger partial charge in [-0.05, 0) is 36.3 Å². The summed E-state index contributed by atoms with van der Waals surface area (Å²) in [5, 5.41) is 14.7. The van der Waals surface area contributed by atoms with Crippen molar-refractivity contribution in [3.8, 4) is 0 Å². The minimum Gasteiger partial charge on any atom is -0.344 e. The Balaban J connectivity index is 3.14. The van der Waals surface area contributed by atoms with E-state index < -0.39 is 41.0 Å². The Bertz CT molecular complexity index is 728. The molecule has 1 unspecified atom stereocenters. The molecule has 166 valence electrons. The molecule has 0 aliphatic rings. The van der Waals surface area contributed by atoms with Crippen molar-refractivity contribution in [3.05, 3.63) is 37.1 Å². The van der Waals surface area contributed by atoms with E-state index in [0.29, 0.717) is 12.2 Å². The Hall–Kier alpha value is -2.74. The number of nitrogens with zero attached hydrogens (tertiary/aromatic N) is 1. The van der Waals surface area contributed by atoms with Gasteiger partial charge in [0.25, 0.3) is 0 Å². The molecular formula is C22H34N4O4. The highest BCUT2D eigenvalue weighted by Crippen LogP contribution is 2.27. The topological polar surface area (TPSA) is 120 Å². The molecule has 1 heterocycles. The first-order valence-electron chi connectivity index (χ1n) is 10.1. The molecule has 4 N–H and O–H groups in total. The number of hydrogen-bond acceptors (Lipinski definition) is 5. The van der Waals surface area contributed by atoms with Gasteiger partial charge in [-0.15, -0.1) is 6.58 Å². The van der Waals surface area contributed by atoms with Gasteiger partial charge in [0.05, 0.1) is 11.8 Å². The van der Waals surface area contributed by atoms with Crippen molar-refractivity contribution in [2.45, 2.75) is 53.5 Å². The largest absolute Gasteiger partial charge is 0.344 e. The van der Waals surface area contributed by atoms with E-state index in [2.05, 4.69) is 22.2 Å². The zero-order valence-electron chi connectivity index (χ0n) is 18.4. The highest BCUT2D eigenvalue weighted by molar-refractivity contribution is 5.98. The Morgan fingerprint density at radius 1 is 1.13 bits per heavy atom. The summed E-state index contributed by atoms with van der Waals surface area (Å²) >= 11 is 0. The average molecular weight is 419 g/mol. The minimum absolute atomic E-state index is 0.120. The van der Waals surface area contributed by atoms with Crippen LogP contribution in [0.25, 0.3) is 0 Å². The van der Waals surface area contributed by atoms with Crippen LogP contribution in [0.1, 0.15) is 47.5 Å². The predicted molar refractivity (Wildman–Crippen MR) is 115 cm³/mol. The Morgan fingerprint density at radius 2 is 1.80 bits per heavy atom. The Kier molecular flexibility index (Phi) is 9.65. The number of rotatable bonds is 10. The number of carbonyl (C=O) groups is 3. The number of aromatic nitrogens is 1. The van der Waals surface area contributed by atoms with Crippen molar-refractivity contribution in [1.29, 1.82) is 0 Å². The summed E-state index contributed by atoms with van der Waals surface area (Å²) in [4.78, 5) is 42.4. The van der Waals surface area contributed by atoms with Crippen LogP contribution < -0.4 is 16.1 Å². The molecule has 8 nitrogen and oxygen atoms in total. The van der Waals surface area contributed by atoms with Gasteiger partial charge < -0.3 is 10.6 Å².